The highest BCUT2D eigenvalue weighted by atomic mass is 35.5. The number of nitrogens with two attached hydrogens (primary N) is 1. The van der Waals surface area contributed by atoms with Crippen molar-refractivity contribution in [3.8, 4) is 17.2 Å². The Morgan fingerprint density at radius 1 is 1.19 bits per heavy atom. The Kier molecular flexibility index (Phi) is 5.00. The van der Waals surface area contributed by atoms with E-state index in [1.54, 1.807) is 31.4 Å². The van der Waals surface area contributed by atoms with Gasteiger partial charge in [0, 0.05) is 6.07 Å². The van der Waals surface area contributed by atoms with Crippen LogP contribution in [-0.4, -0.2) is 18.8 Å². The zero-order valence-corrected chi connectivity index (χ0v) is 12.1. The van der Waals surface area contributed by atoms with Crippen LogP contribution in [0.25, 0.3) is 0 Å². The number of alkyl halides is 1. The molecule has 0 unspecified atom stereocenters. The van der Waals surface area contributed by atoms with E-state index in [4.69, 9.17) is 26.8 Å². The lowest BCUT2D eigenvalue weighted by molar-refractivity contribution is 0.413. The highest BCUT2D eigenvalue weighted by molar-refractivity contribution is 6.28. The summed E-state index contributed by atoms with van der Waals surface area (Å²) in [6, 6.07) is 11.0. The summed E-state index contributed by atoms with van der Waals surface area (Å²) >= 11 is 5.58. The molecule has 0 fully saturated rings. The minimum atomic E-state index is -0.432. The van der Waals surface area contributed by atoms with Crippen LogP contribution in [0.2, 0.25) is 0 Å². The molecule has 0 heterocycles. The van der Waals surface area contributed by atoms with Crippen molar-refractivity contribution in [2.75, 3.05) is 13.0 Å². The van der Waals surface area contributed by atoms with Crippen LogP contribution < -0.4 is 15.2 Å². The third kappa shape index (κ3) is 4.10. The van der Waals surface area contributed by atoms with Crippen molar-refractivity contribution in [2.24, 2.45) is 10.7 Å². The monoisotopic (exact) mass is 308 g/mol. The Labute approximate surface area is 127 Å². The van der Waals surface area contributed by atoms with Crippen LogP contribution in [0.3, 0.4) is 0 Å². The second-order valence-electron chi connectivity index (χ2n) is 4.13. The van der Waals surface area contributed by atoms with Crippen LogP contribution in [0.4, 0.5) is 10.1 Å². The number of amidine groups is 1. The zero-order chi connectivity index (χ0) is 15.2. The lowest BCUT2D eigenvalue weighted by atomic mass is 10.2. The molecular weight excluding hydrogens is 295 g/mol. The van der Waals surface area contributed by atoms with E-state index in [9.17, 15) is 4.39 Å². The van der Waals surface area contributed by atoms with Crippen LogP contribution in [0.5, 0.6) is 17.2 Å². The first-order chi connectivity index (χ1) is 10.1. The van der Waals surface area contributed by atoms with Crippen molar-refractivity contribution in [3.63, 3.8) is 0 Å². The number of ether oxygens (including phenoxy) is 2. The van der Waals surface area contributed by atoms with Crippen LogP contribution in [0.1, 0.15) is 0 Å². The molecule has 4 nitrogen and oxygen atoms in total. The Morgan fingerprint density at radius 2 is 1.86 bits per heavy atom. The van der Waals surface area contributed by atoms with Crippen LogP contribution in [0.15, 0.2) is 47.5 Å². The van der Waals surface area contributed by atoms with Crippen molar-refractivity contribution >= 4 is 23.1 Å². The molecule has 0 aliphatic heterocycles. The first-order valence-electron chi connectivity index (χ1n) is 6.13. The minimum Gasteiger partial charge on any atom is -0.497 e. The van der Waals surface area contributed by atoms with Gasteiger partial charge >= 0.3 is 0 Å². The summed E-state index contributed by atoms with van der Waals surface area (Å²) in [5.74, 6) is 1.47. The predicted octanol–water partition coefficient (Wildman–Crippen LogP) is 3.85. The number of hydrogen-bond acceptors (Lipinski definition) is 3. The third-order valence-electron chi connectivity index (χ3n) is 2.61. The molecular formula is C15H14ClFN2O2. The molecule has 2 aromatic carbocycles. The standard InChI is InChI=1S/C15H14ClFN2O2/c1-20-11-3-5-12(6-4-11)21-14-7-2-10(17)8-13(14)19-15(18)9-16/h2-8H,9H2,1H3,(H2,18,19). The average Bonchev–Trinajstić information content (AvgIpc) is 2.50. The van der Waals surface area contributed by atoms with Gasteiger partial charge in [0.1, 0.15) is 28.8 Å². The van der Waals surface area contributed by atoms with Crippen molar-refractivity contribution in [1.82, 2.24) is 0 Å². The van der Waals surface area contributed by atoms with Gasteiger partial charge in [0.2, 0.25) is 0 Å². The van der Waals surface area contributed by atoms with Gasteiger partial charge < -0.3 is 15.2 Å². The molecule has 6 heteroatoms. The number of nitrogens with zero attached hydrogens (tertiary/aromatic N) is 1. The molecule has 0 atom stereocenters. The van der Waals surface area contributed by atoms with Gasteiger partial charge in [-0.1, -0.05) is 0 Å². The molecule has 21 heavy (non-hydrogen) atoms. The van der Waals surface area contributed by atoms with Gasteiger partial charge in [0.05, 0.1) is 13.0 Å². The SMILES string of the molecule is COc1ccc(Oc2ccc(F)cc2N=C(N)CCl)cc1. The topological polar surface area (TPSA) is 56.8 Å². The largest absolute Gasteiger partial charge is 0.497 e. The van der Waals surface area contributed by atoms with E-state index in [0.29, 0.717) is 17.2 Å². The summed E-state index contributed by atoms with van der Waals surface area (Å²) in [6.45, 7) is 0. The number of rotatable bonds is 5. The fraction of sp³-hybridized carbons (Fsp3) is 0.133. The number of methoxy groups -OCH3 is 1. The lowest BCUT2D eigenvalue weighted by Gasteiger charge is -2.09. The predicted molar refractivity (Wildman–Crippen MR) is 81.5 cm³/mol. The average molecular weight is 309 g/mol. The van der Waals surface area contributed by atoms with E-state index in [1.807, 2.05) is 0 Å². The minimum absolute atomic E-state index is 0.0541. The molecule has 0 aliphatic rings. The number of benzene rings is 2. The molecule has 0 amide bonds. The van der Waals surface area contributed by atoms with E-state index in [2.05, 4.69) is 4.99 Å². The quantitative estimate of drug-likeness (QED) is 0.518. The summed E-state index contributed by atoms with van der Waals surface area (Å²) in [5.41, 5.74) is 5.86. The first-order valence-corrected chi connectivity index (χ1v) is 6.66. The Balaban J connectivity index is 2.30. The van der Waals surface area contributed by atoms with Gasteiger partial charge in [-0.15, -0.1) is 11.6 Å². The van der Waals surface area contributed by atoms with E-state index >= 15 is 0 Å². The first kappa shape index (κ1) is 15.1. The number of hydrogen-bond donors (Lipinski definition) is 1. The number of halogens is 2. The fourth-order valence-corrected chi connectivity index (χ4v) is 1.68. The maximum atomic E-state index is 13.3. The van der Waals surface area contributed by atoms with Crippen LogP contribution in [-0.2, 0) is 0 Å². The van der Waals surface area contributed by atoms with Crippen LogP contribution >= 0.6 is 11.6 Å². The smallest absolute Gasteiger partial charge is 0.153 e. The Bertz CT molecular complexity index is 645. The molecule has 2 N–H and O–H groups in total. The third-order valence-corrected chi connectivity index (χ3v) is 2.88. The molecule has 0 saturated heterocycles. The maximum absolute atomic E-state index is 13.3. The van der Waals surface area contributed by atoms with E-state index in [1.165, 1.54) is 18.2 Å². The Morgan fingerprint density at radius 3 is 2.48 bits per heavy atom. The van der Waals surface area contributed by atoms with Crippen LogP contribution in [0, 0.1) is 5.82 Å². The summed E-state index contributed by atoms with van der Waals surface area (Å²) in [7, 11) is 1.58. The maximum Gasteiger partial charge on any atom is 0.153 e. The van der Waals surface area contributed by atoms with Crippen molar-refractivity contribution in [3.05, 3.63) is 48.3 Å². The van der Waals surface area contributed by atoms with E-state index in [-0.39, 0.29) is 17.4 Å². The zero-order valence-electron chi connectivity index (χ0n) is 11.3. The molecule has 0 saturated carbocycles. The van der Waals surface area contributed by atoms with Gasteiger partial charge in [-0.3, -0.25) is 0 Å². The molecule has 0 bridgehead atoms. The molecule has 0 aromatic heterocycles. The summed E-state index contributed by atoms with van der Waals surface area (Å²) < 4.78 is 24.1. The highest BCUT2D eigenvalue weighted by Gasteiger charge is 2.07. The van der Waals surface area contributed by atoms with Gasteiger partial charge in [-0.2, -0.15) is 0 Å². The molecule has 110 valence electrons. The van der Waals surface area contributed by atoms with E-state index < -0.39 is 5.82 Å². The normalized spacial score (nSPS) is 11.3. The second kappa shape index (κ2) is 6.95. The number of aliphatic imine (C=N–C) groups is 1. The van der Waals surface area contributed by atoms with Gasteiger partial charge in [0.25, 0.3) is 0 Å². The van der Waals surface area contributed by atoms with Gasteiger partial charge in [0.15, 0.2) is 5.75 Å². The second-order valence-corrected chi connectivity index (χ2v) is 4.39. The summed E-state index contributed by atoms with van der Waals surface area (Å²) in [6.07, 6.45) is 0. The summed E-state index contributed by atoms with van der Waals surface area (Å²) in [4.78, 5) is 4.04. The molecule has 0 spiro atoms. The van der Waals surface area contributed by atoms with Gasteiger partial charge in [-0.25, -0.2) is 9.38 Å². The fourth-order valence-electron chi connectivity index (χ4n) is 1.62. The highest BCUT2D eigenvalue weighted by Crippen LogP contribution is 2.33. The Hall–Kier alpha value is -2.27. The lowest BCUT2D eigenvalue weighted by Crippen LogP contribution is -2.12. The van der Waals surface area contributed by atoms with Crippen molar-refractivity contribution < 1.29 is 13.9 Å². The molecule has 0 radical (unpaired) electrons. The molecule has 0 aliphatic carbocycles. The molecule has 2 rings (SSSR count). The van der Waals surface area contributed by atoms with Gasteiger partial charge in [-0.05, 0) is 36.4 Å². The van der Waals surface area contributed by atoms with Crippen molar-refractivity contribution in [1.29, 1.82) is 0 Å². The molecule has 2 aromatic rings. The van der Waals surface area contributed by atoms with Crippen molar-refractivity contribution in [2.45, 2.75) is 0 Å². The van der Waals surface area contributed by atoms with E-state index in [0.717, 1.165) is 0 Å². The summed E-state index contributed by atoms with van der Waals surface area (Å²) in [5, 5.41) is 0.